The number of nitrogens with two attached hydrogens (primary N) is 2. The van der Waals surface area contributed by atoms with Crippen molar-refractivity contribution in [2.45, 2.75) is 51.1 Å². The zero-order valence-electron chi connectivity index (χ0n) is 19.0. The number of nitrogen functional groups attached to an aromatic ring is 1. The van der Waals surface area contributed by atoms with E-state index in [1.54, 1.807) is 12.3 Å². The largest absolute Gasteiger partial charge is 0.368 e. The minimum atomic E-state index is -0.279. The van der Waals surface area contributed by atoms with Crippen molar-refractivity contribution in [2.75, 3.05) is 17.6 Å². The van der Waals surface area contributed by atoms with E-state index in [9.17, 15) is 4.39 Å². The first-order chi connectivity index (χ1) is 16.6. The first-order valence-electron chi connectivity index (χ1n) is 11.8. The van der Waals surface area contributed by atoms with Crippen LogP contribution in [0.25, 0.3) is 22.4 Å². The molecule has 176 valence electrons. The molecule has 1 aromatic carbocycles. The van der Waals surface area contributed by atoms with E-state index in [1.807, 2.05) is 18.2 Å². The Morgan fingerprint density at radius 1 is 1.09 bits per heavy atom. The van der Waals surface area contributed by atoms with Crippen LogP contribution in [0.5, 0.6) is 0 Å². The van der Waals surface area contributed by atoms with Gasteiger partial charge in [0.25, 0.3) is 0 Å². The van der Waals surface area contributed by atoms with E-state index in [0.717, 1.165) is 59.5 Å². The third-order valence-corrected chi connectivity index (χ3v) is 6.33. The minimum absolute atomic E-state index is 0.221. The Hall–Kier alpha value is -3.59. The van der Waals surface area contributed by atoms with E-state index >= 15 is 0 Å². The van der Waals surface area contributed by atoms with E-state index in [-0.39, 0.29) is 11.8 Å². The Morgan fingerprint density at radius 2 is 1.94 bits per heavy atom. The molecule has 4 aromatic rings. The molecule has 34 heavy (non-hydrogen) atoms. The second kappa shape index (κ2) is 9.72. The SMILES string of the molecule is NCCCc1nc2c(NCc3ccc(-c4cccc(F)c4)nc3)nc(N)nc2n1C1CCCC1. The highest BCUT2D eigenvalue weighted by Gasteiger charge is 2.25. The molecular formula is C25H29FN8. The molecule has 3 heterocycles. The van der Waals surface area contributed by atoms with Crippen molar-refractivity contribution in [3.05, 3.63) is 59.8 Å². The number of hydrogen-bond acceptors (Lipinski definition) is 7. The second-order valence-electron chi connectivity index (χ2n) is 8.75. The zero-order valence-corrected chi connectivity index (χ0v) is 19.0. The molecule has 0 bridgehead atoms. The quantitative estimate of drug-likeness (QED) is 0.360. The van der Waals surface area contributed by atoms with E-state index in [2.05, 4.69) is 24.8 Å². The number of aromatic nitrogens is 5. The predicted molar refractivity (Wildman–Crippen MR) is 132 cm³/mol. The Bertz CT molecular complexity index is 1280. The highest BCUT2D eigenvalue weighted by atomic mass is 19.1. The van der Waals surface area contributed by atoms with Gasteiger partial charge in [-0.3, -0.25) is 4.98 Å². The molecule has 1 aliphatic carbocycles. The van der Waals surface area contributed by atoms with Crippen molar-refractivity contribution < 1.29 is 4.39 Å². The summed E-state index contributed by atoms with van der Waals surface area (Å²) in [6.45, 7) is 1.11. The lowest BCUT2D eigenvalue weighted by molar-refractivity contribution is 0.504. The molecule has 1 aliphatic rings. The number of rotatable bonds is 8. The smallest absolute Gasteiger partial charge is 0.224 e. The third-order valence-electron chi connectivity index (χ3n) is 6.33. The molecular weight excluding hydrogens is 431 g/mol. The van der Waals surface area contributed by atoms with E-state index in [0.29, 0.717) is 24.9 Å². The number of nitrogens with one attached hydrogen (secondary N) is 1. The fraction of sp³-hybridized carbons (Fsp3) is 0.360. The van der Waals surface area contributed by atoms with Gasteiger partial charge in [-0.05, 0) is 49.6 Å². The summed E-state index contributed by atoms with van der Waals surface area (Å²) in [7, 11) is 0. The maximum Gasteiger partial charge on any atom is 0.224 e. The molecule has 0 spiro atoms. The molecule has 8 nitrogen and oxygen atoms in total. The van der Waals surface area contributed by atoms with Crippen molar-refractivity contribution in [1.29, 1.82) is 0 Å². The van der Waals surface area contributed by atoms with Gasteiger partial charge < -0.3 is 21.4 Å². The summed E-state index contributed by atoms with van der Waals surface area (Å²) in [6.07, 6.45) is 8.11. The maximum absolute atomic E-state index is 13.5. The molecule has 1 saturated carbocycles. The standard InChI is InChI=1S/C25H29FN8/c26-18-6-3-5-17(13-18)20-11-10-16(14-29-20)15-30-23-22-24(33-25(28)32-23)34(19-7-1-2-8-19)21(31-22)9-4-12-27/h3,5-6,10-11,13-14,19H,1-2,4,7-9,12,15,27H2,(H3,28,30,32,33). The van der Waals surface area contributed by atoms with Crippen LogP contribution >= 0.6 is 0 Å². The Balaban J connectivity index is 1.41. The van der Waals surface area contributed by atoms with Crippen LogP contribution in [0.2, 0.25) is 0 Å². The first kappa shape index (κ1) is 22.2. The summed E-state index contributed by atoms with van der Waals surface area (Å²) in [6, 6.07) is 10.7. The molecule has 0 aliphatic heterocycles. The Morgan fingerprint density at radius 3 is 2.68 bits per heavy atom. The van der Waals surface area contributed by atoms with Crippen LogP contribution in [0.15, 0.2) is 42.6 Å². The minimum Gasteiger partial charge on any atom is -0.368 e. The number of nitrogens with zero attached hydrogens (tertiary/aromatic N) is 5. The van der Waals surface area contributed by atoms with Gasteiger partial charge in [-0.25, -0.2) is 9.37 Å². The van der Waals surface area contributed by atoms with E-state index in [1.165, 1.54) is 25.0 Å². The first-order valence-corrected chi connectivity index (χ1v) is 11.8. The van der Waals surface area contributed by atoms with Crippen molar-refractivity contribution in [1.82, 2.24) is 24.5 Å². The van der Waals surface area contributed by atoms with Crippen LogP contribution in [-0.2, 0) is 13.0 Å². The normalized spacial score (nSPS) is 14.2. The van der Waals surface area contributed by atoms with E-state index < -0.39 is 0 Å². The van der Waals surface area contributed by atoms with Gasteiger partial charge in [-0.1, -0.05) is 31.0 Å². The lowest BCUT2D eigenvalue weighted by Crippen LogP contribution is -2.12. The molecule has 0 radical (unpaired) electrons. The van der Waals surface area contributed by atoms with Gasteiger partial charge >= 0.3 is 0 Å². The molecule has 5 rings (SSSR count). The summed E-state index contributed by atoms with van der Waals surface area (Å²) in [5, 5.41) is 3.37. The van der Waals surface area contributed by atoms with Crippen LogP contribution in [0.3, 0.4) is 0 Å². The summed E-state index contributed by atoms with van der Waals surface area (Å²) < 4.78 is 15.8. The summed E-state index contributed by atoms with van der Waals surface area (Å²) in [4.78, 5) is 18.4. The number of benzene rings is 1. The van der Waals surface area contributed by atoms with Crippen LogP contribution in [-0.4, -0.2) is 31.0 Å². The lowest BCUT2D eigenvalue weighted by Gasteiger charge is -2.16. The Kier molecular flexibility index (Phi) is 6.35. The van der Waals surface area contributed by atoms with Crippen molar-refractivity contribution >= 4 is 22.9 Å². The van der Waals surface area contributed by atoms with Gasteiger partial charge in [0.05, 0.1) is 5.69 Å². The van der Waals surface area contributed by atoms with Crippen LogP contribution in [0.4, 0.5) is 16.2 Å². The van der Waals surface area contributed by atoms with Gasteiger partial charge in [0.1, 0.15) is 11.6 Å². The van der Waals surface area contributed by atoms with Gasteiger partial charge in [-0.2, -0.15) is 9.97 Å². The van der Waals surface area contributed by atoms with Crippen molar-refractivity contribution in [3.8, 4) is 11.3 Å². The van der Waals surface area contributed by atoms with Gasteiger partial charge in [0.15, 0.2) is 17.0 Å². The van der Waals surface area contributed by atoms with E-state index in [4.69, 9.17) is 16.5 Å². The zero-order chi connectivity index (χ0) is 23.5. The Labute approximate surface area is 197 Å². The average Bonchev–Trinajstić information content (AvgIpc) is 3.49. The van der Waals surface area contributed by atoms with Gasteiger partial charge in [0, 0.05) is 30.8 Å². The highest BCUT2D eigenvalue weighted by molar-refractivity contribution is 5.85. The molecule has 0 amide bonds. The third kappa shape index (κ3) is 4.56. The maximum atomic E-state index is 13.5. The number of halogens is 1. The summed E-state index contributed by atoms with van der Waals surface area (Å²) >= 11 is 0. The van der Waals surface area contributed by atoms with Crippen LogP contribution in [0.1, 0.15) is 49.5 Å². The number of fused-ring (bicyclic) bond motifs is 1. The number of imidazole rings is 1. The average molecular weight is 461 g/mol. The van der Waals surface area contributed by atoms with Gasteiger partial charge in [0.2, 0.25) is 5.95 Å². The molecule has 3 aromatic heterocycles. The van der Waals surface area contributed by atoms with Crippen molar-refractivity contribution in [2.24, 2.45) is 5.73 Å². The van der Waals surface area contributed by atoms with Gasteiger partial charge in [-0.15, -0.1) is 0 Å². The lowest BCUT2D eigenvalue weighted by atomic mass is 10.1. The second-order valence-corrected chi connectivity index (χ2v) is 8.75. The molecule has 5 N–H and O–H groups in total. The molecule has 0 atom stereocenters. The van der Waals surface area contributed by atoms with Crippen molar-refractivity contribution in [3.63, 3.8) is 0 Å². The summed E-state index contributed by atoms with van der Waals surface area (Å²) in [5.74, 6) is 1.55. The fourth-order valence-electron chi connectivity index (χ4n) is 4.68. The highest BCUT2D eigenvalue weighted by Crippen LogP contribution is 2.35. The fourth-order valence-corrected chi connectivity index (χ4v) is 4.68. The number of aryl methyl sites for hydroxylation is 1. The number of hydrogen-bond donors (Lipinski definition) is 3. The molecule has 1 fully saturated rings. The summed E-state index contributed by atoms with van der Waals surface area (Å²) in [5.41, 5.74) is 15.8. The van der Waals surface area contributed by atoms with Crippen LogP contribution < -0.4 is 16.8 Å². The van der Waals surface area contributed by atoms with Crippen LogP contribution in [0, 0.1) is 5.82 Å². The molecule has 0 unspecified atom stereocenters. The number of pyridine rings is 1. The topological polar surface area (TPSA) is 121 Å². The monoisotopic (exact) mass is 460 g/mol. The number of anilines is 2. The molecule has 0 saturated heterocycles. The predicted octanol–water partition coefficient (Wildman–Crippen LogP) is 4.23. The molecule has 9 heteroatoms.